The van der Waals surface area contributed by atoms with Gasteiger partial charge in [0.2, 0.25) is 0 Å². The van der Waals surface area contributed by atoms with Gasteiger partial charge in [-0.15, -0.1) is 11.3 Å². The fraction of sp³-hybridized carbons (Fsp3) is 0.500. The molecule has 2 aromatic heterocycles. The van der Waals surface area contributed by atoms with E-state index in [1.54, 1.807) is 0 Å². The Morgan fingerprint density at radius 3 is 3.14 bits per heavy atom. The maximum absolute atomic E-state index is 11.8. The molecule has 22 heavy (non-hydrogen) atoms. The summed E-state index contributed by atoms with van der Waals surface area (Å²) in [5, 5.41) is 1.96. The second kappa shape index (κ2) is 6.62. The van der Waals surface area contributed by atoms with Crippen molar-refractivity contribution in [1.82, 2.24) is 14.5 Å². The Labute approximate surface area is 134 Å². The van der Waals surface area contributed by atoms with Gasteiger partial charge < -0.3 is 9.30 Å². The summed E-state index contributed by atoms with van der Waals surface area (Å²) in [5.41, 5.74) is 1.07. The predicted molar refractivity (Wildman–Crippen MR) is 86.0 cm³/mol. The van der Waals surface area contributed by atoms with Crippen molar-refractivity contribution in [2.24, 2.45) is 5.92 Å². The zero-order valence-electron chi connectivity index (χ0n) is 12.9. The summed E-state index contributed by atoms with van der Waals surface area (Å²) < 4.78 is 7.06. The molecule has 0 aromatic carbocycles. The molecule has 0 saturated carbocycles. The lowest BCUT2D eigenvalue weighted by Crippen LogP contribution is -2.40. The van der Waals surface area contributed by atoms with Crippen molar-refractivity contribution in [1.29, 1.82) is 0 Å². The second-order valence-electron chi connectivity index (χ2n) is 5.84. The molecule has 118 valence electrons. The minimum absolute atomic E-state index is 0.235. The number of nitrogens with zero attached hydrogens (tertiary/aromatic N) is 3. The lowest BCUT2D eigenvalue weighted by Gasteiger charge is -2.37. The average molecular weight is 319 g/mol. The molecular weight excluding hydrogens is 298 g/mol. The van der Waals surface area contributed by atoms with Gasteiger partial charge in [-0.1, -0.05) is 6.92 Å². The summed E-state index contributed by atoms with van der Waals surface area (Å²) in [4.78, 5) is 19.1. The summed E-state index contributed by atoms with van der Waals surface area (Å²) in [6.45, 7) is 5.13. The predicted octanol–water partition coefficient (Wildman–Crippen LogP) is 2.81. The SMILES string of the molecule is COC(=O)c1sccc1CN1CC[C@H](C)[C@H](n2ccnc2)C1. The molecule has 3 heterocycles. The average Bonchev–Trinajstić information content (AvgIpc) is 3.20. The first kappa shape index (κ1) is 15.2. The molecule has 1 aliphatic rings. The van der Waals surface area contributed by atoms with Crippen molar-refractivity contribution in [3.05, 3.63) is 40.6 Å². The number of rotatable bonds is 4. The highest BCUT2D eigenvalue weighted by atomic mass is 32.1. The van der Waals surface area contributed by atoms with Crippen LogP contribution in [0.5, 0.6) is 0 Å². The van der Waals surface area contributed by atoms with Gasteiger partial charge >= 0.3 is 5.97 Å². The Hall–Kier alpha value is -1.66. The van der Waals surface area contributed by atoms with E-state index in [1.165, 1.54) is 18.4 Å². The van der Waals surface area contributed by atoms with Crippen LogP contribution in [0.15, 0.2) is 30.2 Å². The summed E-state index contributed by atoms with van der Waals surface area (Å²) in [5.74, 6) is 0.398. The number of hydrogen-bond donors (Lipinski definition) is 0. The minimum Gasteiger partial charge on any atom is -0.465 e. The van der Waals surface area contributed by atoms with E-state index >= 15 is 0 Å². The van der Waals surface area contributed by atoms with Crippen LogP contribution in [0.3, 0.4) is 0 Å². The lowest BCUT2D eigenvalue weighted by molar-refractivity contribution is 0.0602. The standard InChI is InChI=1S/C16H21N3O2S/c1-12-3-6-18(10-14(12)19-7-5-17-11-19)9-13-4-8-22-15(13)16(20)21-2/h4-5,7-8,11-12,14H,3,6,9-10H2,1-2H3/t12-,14+/m0/s1. The maximum Gasteiger partial charge on any atom is 0.348 e. The normalized spacial score (nSPS) is 22.6. The number of carbonyl (C=O) groups excluding carboxylic acids is 1. The van der Waals surface area contributed by atoms with Gasteiger partial charge in [-0.05, 0) is 35.9 Å². The Bertz CT molecular complexity index is 623. The molecule has 0 amide bonds. The molecule has 0 aliphatic carbocycles. The molecular formula is C16H21N3O2S. The summed E-state index contributed by atoms with van der Waals surface area (Å²) in [6, 6.07) is 2.47. The van der Waals surface area contributed by atoms with E-state index in [0.717, 1.165) is 36.5 Å². The molecule has 0 spiro atoms. The van der Waals surface area contributed by atoms with Gasteiger partial charge in [-0.25, -0.2) is 9.78 Å². The highest BCUT2D eigenvalue weighted by molar-refractivity contribution is 7.12. The molecule has 0 unspecified atom stereocenters. The van der Waals surface area contributed by atoms with Crippen molar-refractivity contribution in [2.45, 2.75) is 25.9 Å². The van der Waals surface area contributed by atoms with Crippen LogP contribution < -0.4 is 0 Å². The number of hydrogen-bond acceptors (Lipinski definition) is 5. The molecule has 6 heteroatoms. The number of ether oxygens (including phenoxy) is 1. The summed E-state index contributed by atoms with van der Waals surface area (Å²) in [7, 11) is 1.43. The zero-order valence-corrected chi connectivity index (χ0v) is 13.8. The van der Waals surface area contributed by atoms with E-state index in [2.05, 4.69) is 21.4 Å². The monoisotopic (exact) mass is 319 g/mol. The summed E-state index contributed by atoms with van der Waals surface area (Å²) in [6.07, 6.45) is 6.92. The van der Waals surface area contributed by atoms with Gasteiger partial charge in [0.05, 0.1) is 13.4 Å². The molecule has 0 bridgehead atoms. The van der Waals surface area contributed by atoms with Crippen LogP contribution in [0, 0.1) is 5.92 Å². The number of esters is 1. The van der Waals surface area contributed by atoms with E-state index < -0.39 is 0 Å². The molecule has 1 saturated heterocycles. The van der Waals surface area contributed by atoms with Gasteiger partial charge in [0.1, 0.15) is 4.88 Å². The van der Waals surface area contributed by atoms with Crippen LogP contribution >= 0.6 is 11.3 Å². The fourth-order valence-electron chi connectivity index (χ4n) is 3.08. The van der Waals surface area contributed by atoms with Gasteiger partial charge in [0.25, 0.3) is 0 Å². The lowest BCUT2D eigenvalue weighted by atomic mass is 9.93. The van der Waals surface area contributed by atoms with Crippen molar-refractivity contribution in [3.8, 4) is 0 Å². The molecule has 2 aromatic rings. The number of likely N-dealkylation sites (tertiary alicyclic amines) is 1. The van der Waals surface area contributed by atoms with E-state index in [9.17, 15) is 4.79 Å². The number of carbonyl (C=O) groups is 1. The second-order valence-corrected chi connectivity index (χ2v) is 6.76. The van der Waals surface area contributed by atoms with Gasteiger partial charge in [0, 0.05) is 31.5 Å². The highest BCUT2D eigenvalue weighted by Gasteiger charge is 2.28. The van der Waals surface area contributed by atoms with Crippen LogP contribution in [-0.2, 0) is 11.3 Å². The van der Waals surface area contributed by atoms with Gasteiger partial charge in [-0.3, -0.25) is 4.90 Å². The third-order valence-electron chi connectivity index (χ3n) is 4.42. The maximum atomic E-state index is 11.8. The number of methoxy groups -OCH3 is 1. The molecule has 5 nitrogen and oxygen atoms in total. The Morgan fingerprint density at radius 1 is 1.55 bits per heavy atom. The van der Waals surface area contributed by atoms with Crippen molar-refractivity contribution < 1.29 is 9.53 Å². The van der Waals surface area contributed by atoms with Crippen molar-refractivity contribution in [3.63, 3.8) is 0 Å². The highest BCUT2D eigenvalue weighted by Crippen LogP contribution is 2.29. The third-order valence-corrected chi connectivity index (χ3v) is 5.36. The summed E-state index contributed by atoms with van der Waals surface area (Å²) >= 11 is 1.45. The molecule has 0 N–H and O–H groups in total. The topological polar surface area (TPSA) is 47.4 Å². The molecule has 1 aliphatic heterocycles. The van der Waals surface area contributed by atoms with E-state index in [-0.39, 0.29) is 5.97 Å². The first-order valence-corrected chi connectivity index (χ1v) is 8.41. The Balaban J connectivity index is 1.71. The van der Waals surface area contributed by atoms with Gasteiger partial charge in [0.15, 0.2) is 0 Å². The largest absolute Gasteiger partial charge is 0.465 e. The number of thiophene rings is 1. The van der Waals surface area contributed by atoms with Crippen molar-refractivity contribution >= 4 is 17.3 Å². The fourth-order valence-corrected chi connectivity index (χ4v) is 3.92. The molecule has 1 fully saturated rings. The van der Waals surface area contributed by atoms with Crippen LogP contribution in [0.25, 0.3) is 0 Å². The number of piperidine rings is 1. The van der Waals surface area contributed by atoms with Crippen LogP contribution in [0.1, 0.15) is 34.6 Å². The van der Waals surface area contributed by atoms with Crippen LogP contribution in [0.4, 0.5) is 0 Å². The van der Waals surface area contributed by atoms with Crippen molar-refractivity contribution in [2.75, 3.05) is 20.2 Å². The minimum atomic E-state index is -0.235. The van der Waals surface area contributed by atoms with E-state index in [1.807, 2.05) is 30.2 Å². The number of imidazole rings is 1. The Kier molecular flexibility index (Phi) is 4.59. The third kappa shape index (κ3) is 3.08. The van der Waals surface area contributed by atoms with Crippen LogP contribution in [-0.4, -0.2) is 40.6 Å². The zero-order chi connectivity index (χ0) is 15.5. The quantitative estimate of drug-likeness (QED) is 0.813. The molecule has 2 atom stereocenters. The first-order valence-electron chi connectivity index (χ1n) is 7.53. The smallest absolute Gasteiger partial charge is 0.348 e. The Morgan fingerprint density at radius 2 is 2.41 bits per heavy atom. The van der Waals surface area contributed by atoms with E-state index in [4.69, 9.17) is 4.74 Å². The molecule has 0 radical (unpaired) electrons. The molecule has 3 rings (SSSR count). The number of aromatic nitrogens is 2. The van der Waals surface area contributed by atoms with E-state index in [0.29, 0.717) is 12.0 Å². The van der Waals surface area contributed by atoms with Gasteiger partial charge in [-0.2, -0.15) is 0 Å². The van der Waals surface area contributed by atoms with Crippen LogP contribution in [0.2, 0.25) is 0 Å². The first-order chi connectivity index (χ1) is 10.7.